The standard InChI is InChI=1S/C13H20ClN3/c1-3-5-10-11(14)16-9-17-12(10)15-8-13(4-2)6-7-13/h9H,3-8H2,1-2H3,(H,15,16,17). The summed E-state index contributed by atoms with van der Waals surface area (Å²) in [5.41, 5.74) is 1.57. The molecule has 1 N–H and O–H groups in total. The lowest BCUT2D eigenvalue weighted by atomic mass is 10.0. The van der Waals surface area contributed by atoms with Crippen molar-refractivity contribution < 1.29 is 0 Å². The van der Waals surface area contributed by atoms with E-state index < -0.39 is 0 Å². The van der Waals surface area contributed by atoms with Crippen LogP contribution in [0.1, 0.15) is 45.1 Å². The van der Waals surface area contributed by atoms with E-state index in [1.807, 2.05) is 0 Å². The normalized spacial score (nSPS) is 16.9. The smallest absolute Gasteiger partial charge is 0.137 e. The first-order chi connectivity index (χ1) is 8.21. The maximum atomic E-state index is 6.12. The van der Waals surface area contributed by atoms with Crippen LogP contribution in [0.5, 0.6) is 0 Å². The van der Waals surface area contributed by atoms with E-state index in [-0.39, 0.29) is 0 Å². The van der Waals surface area contributed by atoms with Crippen molar-refractivity contribution in [3.63, 3.8) is 0 Å². The molecule has 2 rings (SSSR count). The average Bonchev–Trinajstić information content (AvgIpc) is 3.11. The quantitative estimate of drug-likeness (QED) is 0.786. The Morgan fingerprint density at radius 1 is 1.35 bits per heavy atom. The molecule has 0 unspecified atom stereocenters. The van der Waals surface area contributed by atoms with Gasteiger partial charge >= 0.3 is 0 Å². The molecule has 0 spiro atoms. The Bertz CT molecular complexity index is 388. The third kappa shape index (κ3) is 2.89. The van der Waals surface area contributed by atoms with Gasteiger partial charge in [0.05, 0.1) is 0 Å². The lowest BCUT2D eigenvalue weighted by Crippen LogP contribution is -2.16. The van der Waals surface area contributed by atoms with Crippen LogP contribution in [-0.2, 0) is 6.42 Å². The summed E-state index contributed by atoms with van der Waals surface area (Å²) in [5, 5.41) is 4.05. The van der Waals surface area contributed by atoms with Crippen LogP contribution in [0.4, 0.5) is 5.82 Å². The molecule has 1 aliphatic carbocycles. The van der Waals surface area contributed by atoms with E-state index in [4.69, 9.17) is 11.6 Å². The fraction of sp³-hybridized carbons (Fsp3) is 0.692. The molecule has 1 aromatic rings. The Hall–Kier alpha value is -0.830. The zero-order valence-electron chi connectivity index (χ0n) is 10.6. The van der Waals surface area contributed by atoms with E-state index in [0.717, 1.165) is 30.8 Å². The van der Waals surface area contributed by atoms with Gasteiger partial charge in [0, 0.05) is 12.1 Å². The second-order valence-electron chi connectivity index (χ2n) is 4.95. The van der Waals surface area contributed by atoms with E-state index in [9.17, 15) is 0 Å². The monoisotopic (exact) mass is 253 g/mol. The number of hydrogen-bond acceptors (Lipinski definition) is 3. The van der Waals surface area contributed by atoms with Gasteiger partial charge in [0.1, 0.15) is 17.3 Å². The summed E-state index contributed by atoms with van der Waals surface area (Å²) in [5.74, 6) is 0.923. The van der Waals surface area contributed by atoms with Crippen molar-refractivity contribution in [2.75, 3.05) is 11.9 Å². The van der Waals surface area contributed by atoms with Gasteiger partial charge in [0.15, 0.2) is 0 Å². The molecule has 0 amide bonds. The van der Waals surface area contributed by atoms with Crippen molar-refractivity contribution in [2.24, 2.45) is 5.41 Å². The van der Waals surface area contributed by atoms with Crippen LogP contribution in [0.15, 0.2) is 6.33 Å². The summed E-state index contributed by atoms with van der Waals surface area (Å²) in [6.45, 7) is 5.41. The summed E-state index contributed by atoms with van der Waals surface area (Å²) in [7, 11) is 0. The van der Waals surface area contributed by atoms with Gasteiger partial charge in [-0.05, 0) is 31.1 Å². The summed E-state index contributed by atoms with van der Waals surface area (Å²) >= 11 is 6.12. The number of halogens is 1. The summed E-state index contributed by atoms with van der Waals surface area (Å²) in [6, 6.07) is 0. The fourth-order valence-electron chi connectivity index (χ4n) is 2.12. The number of anilines is 1. The third-order valence-corrected chi connectivity index (χ3v) is 4.06. The first-order valence-electron chi connectivity index (χ1n) is 6.44. The molecule has 0 aromatic carbocycles. The van der Waals surface area contributed by atoms with E-state index in [0.29, 0.717) is 10.6 Å². The zero-order chi connectivity index (χ0) is 12.3. The van der Waals surface area contributed by atoms with E-state index in [1.54, 1.807) is 0 Å². The van der Waals surface area contributed by atoms with Crippen molar-refractivity contribution >= 4 is 17.4 Å². The maximum absolute atomic E-state index is 6.12. The number of nitrogens with zero attached hydrogens (tertiary/aromatic N) is 2. The highest BCUT2D eigenvalue weighted by Gasteiger charge is 2.40. The van der Waals surface area contributed by atoms with Crippen LogP contribution in [-0.4, -0.2) is 16.5 Å². The molecule has 17 heavy (non-hydrogen) atoms. The predicted molar refractivity (Wildman–Crippen MR) is 71.5 cm³/mol. The van der Waals surface area contributed by atoms with Crippen molar-refractivity contribution in [3.05, 3.63) is 17.0 Å². The van der Waals surface area contributed by atoms with Crippen LogP contribution in [0.2, 0.25) is 5.15 Å². The molecule has 4 heteroatoms. The van der Waals surface area contributed by atoms with Crippen molar-refractivity contribution in [1.29, 1.82) is 0 Å². The number of hydrogen-bond donors (Lipinski definition) is 1. The summed E-state index contributed by atoms with van der Waals surface area (Å²) in [4.78, 5) is 8.37. The van der Waals surface area contributed by atoms with Gasteiger partial charge in [-0.15, -0.1) is 0 Å². The largest absolute Gasteiger partial charge is 0.369 e. The molecule has 94 valence electrons. The van der Waals surface area contributed by atoms with Gasteiger partial charge in [-0.25, -0.2) is 9.97 Å². The van der Waals surface area contributed by atoms with Crippen LogP contribution in [0, 0.1) is 5.41 Å². The van der Waals surface area contributed by atoms with E-state index >= 15 is 0 Å². The topological polar surface area (TPSA) is 37.8 Å². The minimum Gasteiger partial charge on any atom is -0.369 e. The maximum Gasteiger partial charge on any atom is 0.137 e. The van der Waals surface area contributed by atoms with Crippen LogP contribution < -0.4 is 5.32 Å². The van der Waals surface area contributed by atoms with Gasteiger partial charge in [0.25, 0.3) is 0 Å². The molecule has 1 aliphatic rings. The van der Waals surface area contributed by atoms with Crippen LogP contribution in [0.3, 0.4) is 0 Å². The number of aromatic nitrogens is 2. The highest BCUT2D eigenvalue weighted by atomic mass is 35.5. The summed E-state index contributed by atoms with van der Waals surface area (Å²) < 4.78 is 0. The van der Waals surface area contributed by atoms with Crippen LogP contribution in [0.25, 0.3) is 0 Å². The molecule has 0 bridgehead atoms. The molecule has 0 radical (unpaired) electrons. The molecule has 1 aromatic heterocycles. The lowest BCUT2D eigenvalue weighted by Gasteiger charge is -2.16. The Morgan fingerprint density at radius 2 is 2.12 bits per heavy atom. The SMILES string of the molecule is CCCc1c(Cl)ncnc1NCC1(CC)CC1. The second kappa shape index (κ2) is 5.21. The molecule has 1 saturated carbocycles. The van der Waals surface area contributed by atoms with Gasteiger partial charge in [-0.3, -0.25) is 0 Å². The first kappa shape index (κ1) is 12.6. The number of nitrogens with one attached hydrogen (secondary N) is 1. The van der Waals surface area contributed by atoms with Crippen molar-refractivity contribution in [2.45, 2.75) is 46.0 Å². The van der Waals surface area contributed by atoms with Crippen molar-refractivity contribution in [3.8, 4) is 0 Å². The second-order valence-corrected chi connectivity index (χ2v) is 5.31. The molecule has 1 fully saturated rings. The molecular weight excluding hydrogens is 234 g/mol. The minimum atomic E-state index is 0.515. The molecule has 0 aliphatic heterocycles. The average molecular weight is 254 g/mol. The Balaban J connectivity index is 2.06. The molecular formula is C13H20ClN3. The Labute approximate surface area is 108 Å². The highest BCUT2D eigenvalue weighted by molar-refractivity contribution is 6.30. The van der Waals surface area contributed by atoms with Gasteiger partial charge in [0.2, 0.25) is 0 Å². The Kier molecular flexibility index (Phi) is 3.87. The molecule has 0 saturated heterocycles. The Morgan fingerprint density at radius 3 is 2.71 bits per heavy atom. The van der Waals surface area contributed by atoms with Gasteiger partial charge in [-0.2, -0.15) is 0 Å². The molecule has 0 atom stereocenters. The first-order valence-corrected chi connectivity index (χ1v) is 6.82. The third-order valence-electron chi connectivity index (χ3n) is 3.73. The van der Waals surface area contributed by atoms with Gasteiger partial charge in [-0.1, -0.05) is 31.9 Å². The predicted octanol–water partition coefficient (Wildman–Crippen LogP) is 3.68. The van der Waals surface area contributed by atoms with Crippen molar-refractivity contribution in [1.82, 2.24) is 9.97 Å². The van der Waals surface area contributed by atoms with E-state index in [2.05, 4.69) is 29.1 Å². The highest BCUT2D eigenvalue weighted by Crippen LogP contribution is 2.48. The lowest BCUT2D eigenvalue weighted by molar-refractivity contribution is 0.520. The summed E-state index contributed by atoms with van der Waals surface area (Å²) in [6.07, 6.45) is 7.43. The van der Waals surface area contributed by atoms with Crippen LogP contribution >= 0.6 is 11.6 Å². The fourth-order valence-corrected chi connectivity index (χ4v) is 2.35. The number of rotatable bonds is 6. The van der Waals surface area contributed by atoms with E-state index in [1.165, 1.54) is 25.6 Å². The molecule has 1 heterocycles. The van der Waals surface area contributed by atoms with Gasteiger partial charge < -0.3 is 5.32 Å². The zero-order valence-corrected chi connectivity index (χ0v) is 11.3. The minimum absolute atomic E-state index is 0.515. The molecule has 3 nitrogen and oxygen atoms in total.